The molecule has 0 spiro atoms. The van der Waals surface area contributed by atoms with Gasteiger partial charge in [-0.1, -0.05) is 6.07 Å². The van der Waals surface area contributed by atoms with Crippen molar-refractivity contribution in [3.05, 3.63) is 23.9 Å². The molecule has 0 radical (unpaired) electrons. The van der Waals surface area contributed by atoms with Crippen molar-refractivity contribution in [2.75, 3.05) is 18.4 Å². The predicted molar refractivity (Wildman–Crippen MR) is 76.8 cm³/mol. The second-order valence-corrected chi connectivity index (χ2v) is 5.33. The number of aryl methyl sites for hydroxylation is 1. The smallest absolute Gasteiger partial charge is 0.332 e. The number of nitrogens with zero attached hydrogens (tertiary/aromatic N) is 2. The molecule has 126 valence electrons. The lowest BCUT2D eigenvalue weighted by atomic mass is 10.0. The van der Waals surface area contributed by atoms with Gasteiger partial charge >= 0.3 is 12.2 Å². The van der Waals surface area contributed by atoms with Crippen LogP contribution in [-0.2, 0) is 4.79 Å². The van der Waals surface area contributed by atoms with Crippen molar-refractivity contribution in [3.8, 4) is 0 Å². The largest absolute Gasteiger partial charge is 0.406 e. The van der Waals surface area contributed by atoms with Crippen LogP contribution in [0.15, 0.2) is 18.2 Å². The molecule has 1 aromatic rings. The summed E-state index contributed by atoms with van der Waals surface area (Å²) in [6.45, 7) is 0.491. The van der Waals surface area contributed by atoms with Crippen molar-refractivity contribution < 1.29 is 22.8 Å². The first-order valence-electron chi connectivity index (χ1n) is 7.11. The van der Waals surface area contributed by atoms with Gasteiger partial charge in [0.05, 0.1) is 0 Å². The molecule has 0 saturated carbocycles. The van der Waals surface area contributed by atoms with Crippen LogP contribution in [-0.4, -0.2) is 47.1 Å². The molecule has 23 heavy (non-hydrogen) atoms. The van der Waals surface area contributed by atoms with Crippen LogP contribution in [0.3, 0.4) is 0 Å². The second-order valence-electron chi connectivity index (χ2n) is 5.33. The highest BCUT2D eigenvalue weighted by molar-refractivity contribution is 5.93. The van der Waals surface area contributed by atoms with Gasteiger partial charge < -0.3 is 10.2 Å². The number of halogens is 3. The molecule has 9 heteroatoms. The molecule has 1 atom stereocenters. The van der Waals surface area contributed by atoms with E-state index >= 15 is 0 Å². The van der Waals surface area contributed by atoms with Crippen LogP contribution in [0.2, 0.25) is 0 Å². The summed E-state index contributed by atoms with van der Waals surface area (Å²) in [5.41, 5.74) is 0.702. The Bertz CT molecular complexity index is 592. The number of nitrogens with one attached hydrogen (secondary N) is 2. The molecule has 0 bridgehead atoms. The number of rotatable bonds is 3. The van der Waals surface area contributed by atoms with E-state index in [9.17, 15) is 22.8 Å². The van der Waals surface area contributed by atoms with Gasteiger partial charge in [-0.15, -0.1) is 0 Å². The van der Waals surface area contributed by atoms with E-state index in [1.54, 1.807) is 25.1 Å². The number of hydrogen-bond donors (Lipinski definition) is 2. The van der Waals surface area contributed by atoms with E-state index in [2.05, 4.69) is 15.6 Å². The number of carbonyl (C=O) groups excluding carboxylic acids is 2. The van der Waals surface area contributed by atoms with Crippen molar-refractivity contribution in [2.45, 2.75) is 32.0 Å². The quantitative estimate of drug-likeness (QED) is 0.891. The molecular formula is C14H17F3N4O2. The number of urea groups is 1. The molecule has 1 aliphatic rings. The zero-order valence-corrected chi connectivity index (χ0v) is 12.5. The SMILES string of the molecule is Cc1cccc(NC(=O)N[C@H]2CCCN(CC(F)(F)F)C2=O)n1. The van der Waals surface area contributed by atoms with Crippen molar-refractivity contribution in [3.63, 3.8) is 0 Å². The van der Waals surface area contributed by atoms with Gasteiger partial charge in [-0.25, -0.2) is 9.78 Å². The number of hydrogen-bond acceptors (Lipinski definition) is 3. The lowest BCUT2D eigenvalue weighted by Crippen LogP contribution is -2.54. The van der Waals surface area contributed by atoms with Gasteiger partial charge in [0.1, 0.15) is 18.4 Å². The normalized spacial score (nSPS) is 18.7. The number of alkyl halides is 3. The summed E-state index contributed by atoms with van der Waals surface area (Å²) in [5.74, 6) is -0.418. The summed E-state index contributed by atoms with van der Waals surface area (Å²) < 4.78 is 37.3. The first-order chi connectivity index (χ1) is 10.7. The van der Waals surface area contributed by atoms with E-state index < -0.39 is 30.7 Å². The van der Waals surface area contributed by atoms with Crippen molar-refractivity contribution in [1.82, 2.24) is 15.2 Å². The molecule has 1 aliphatic heterocycles. The fourth-order valence-corrected chi connectivity index (χ4v) is 2.37. The van der Waals surface area contributed by atoms with Crippen molar-refractivity contribution >= 4 is 17.8 Å². The fraction of sp³-hybridized carbons (Fsp3) is 0.500. The monoisotopic (exact) mass is 330 g/mol. The van der Waals surface area contributed by atoms with E-state index in [0.717, 1.165) is 4.90 Å². The topological polar surface area (TPSA) is 74.3 Å². The first kappa shape index (κ1) is 17.0. The molecule has 1 saturated heterocycles. The molecule has 6 nitrogen and oxygen atoms in total. The Morgan fingerprint density at radius 2 is 2.17 bits per heavy atom. The molecule has 0 aliphatic carbocycles. The minimum absolute atomic E-state index is 0.0393. The van der Waals surface area contributed by atoms with Crippen LogP contribution in [0.5, 0.6) is 0 Å². The van der Waals surface area contributed by atoms with Crippen LogP contribution in [0.25, 0.3) is 0 Å². The Labute approximate surface area is 131 Å². The highest BCUT2D eigenvalue weighted by atomic mass is 19.4. The van der Waals surface area contributed by atoms with Gasteiger partial charge in [0, 0.05) is 12.2 Å². The number of likely N-dealkylation sites (tertiary alicyclic amines) is 1. The average Bonchev–Trinajstić information content (AvgIpc) is 2.42. The minimum atomic E-state index is -4.45. The van der Waals surface area contributed by atoms with Crippen LogP contribution in [0.1, 0.15) is 18.5 Å². The summed E-state index contributed by atoms with van der Waals surface area (Å²) in [6, 6.07) is 3.40. The van der Waals surface area contributed by atoms with Gasteiger partial charge in [-0.05, 0) is 31.9 Å². The number of pyridine rings is 1. The van der Waals surface area contributed by atoms with E-state index in [1.807, 2.05) is 0 Å². The molecular weight excluding hydrogens is 313 g/mol. The van der Waals surface area contributed by atoms with Crippen LogP contribution in [0, 0.1) is 6.92 Å². The first-order valence-corrected chi connectivity index (χ1v) is 7.11. The Balaban J connectivity index is 1.93. The van der Waals surface area contributed by atoms with Gasteiger partial charge in [0.25, 0.3) is 0 Å². The van der Waals surface area contributed by atoms with Crippen molar-refractivity contribution in [2.24, 2.45) is 0 Å². The molecule has 0 unspecified atom stereocenters. The maximum atomic E-state index is 12.4. The molecule has 2 rings (SSSR count). The third kappa shape index (κ3) is 5.11. The number of carbonyl (C=O) groups is 2. The number of aromatic nitrogens is 1. The van der Waals surface area contributed by atoms with Gasteiger partial charge in [-0.2, -0.15) is 13.2 Å². The van der Waals surface area contributed by atoms with Crippen LogP contribution < -0.4 is 10.6 Å². The maximum Gasteiger partial charge on any atom is 0.406 e. The Kier molecular flexibility index (Phi) is 5.07. The molecule has 3 amide bonds. The lowest BCUT2D eigenvalue weighted by Gasteiger charge is -2.33. The van der Waals surface area contributed by atoms with E-state index in [0.29, 0.717) is 24.4 Å². The van der Waals surface area contributed by atoms with E-state index in [-0.39, 0.29) is 6.54 Å². The van der Waals surface area contributed by atoms with E-state index in [1.165, 1.54) is 0 Å². The van der Waals surface area contributed by atoms with Crippen molar-refractivity contribution in [1.29, 1.82) is 0 Å². The maximum absolute atomic E-state index is 12.4. The summed E-state index contributed by atoms with van der Waals surface area (Å²) in [5, 5.41) is 4.86. The average molecular weight is 330 g/mol. The molecule has 0 aromatic carbocycles. The van der Waals surface area contributed by atoms with Gasteiger partial charge in [-0.3, -0.25) is 10.1 Å². The highest BCUT2D eigenvalue weighted by Crippen LogP contribution is 2.20. The number of amides is 3. The summed E-state index contributed by atoms with van der Waals surface area (Å²) >= 11 is 0. The molecule has 1 fully saturated rings. The third-order valence-electron chi connectivity index (χ3n) is 3.34. The summed E-state index contributed by atoms with van der Waals surface area (Å²) in [6.07, 6.45) is -3.75. The Hall–Kier alpha value is -2.32. The molecule has 1 aromatic heterocycles. The number of piperidine rings is 1. The van der Waals surface area contributed by atoms with Crippen LogP contribution >= 0.6 is 0 Å². The Morgan fingerprint density at radius 1 is 1.43 bits per heavy atom. The standard InChI is InChI=1S/C14H17F3N4O2/c1-9-4-2-6-11(18-9)20-13(23)19-10-5-3-7-21(12(10)22)8-14(15,16)17/h2,4,6,10H,3,5,7-8H2,1H3,(H2,18,19,20,23)/t10-/m0/s1. The molecule has 2 N–H and O–H groups in total. The predicted octanol–water partition coefficient (Wildman–Crippen LogP) is 2.06. The van der Waals surface area contributed by atoms with Gasteiger partial charge in [0.2, 0.25) is 5.91 Å². The zero-order chi connectivity index (χ0) is 17.0. The Morgan fingerprint density at radius 3 is 2.83 bits per heavy atom. The van der Waals surface area contributed by atoms with Crippen LogP contribution in [0.4, 0.5) is 23.8 Å². The molecule has 2 heterocycles. The number of anilines is 1. The van der Waals surface area contributed by atoms with E-state index in [4.69, 9.17) is 0 Å². The second kappa shape index (κ2) is 6.84. The third-order valence-corrected chi connectivity index (χ3v) is 3.34. The highest BCUT2D eigenvalue weighted by Gasteiger charge is 2.37. The lowest BCUT2D eigenvalue weighted by molar-refractivity contribution is -0.164. The van der Waals surface area contributed by atoms with Gasteiger partial charge in [0.15, 0.2) is 0 Å². The minimum Gasteiger partial charge on any atom is -0.332 e. The zero-order valence-electron chi connectivity index (χ0n) is 12.5. The summed E-state index contributed by atoms with van der Waals surface area (Å²) in [4.78, 5) is 28.7. The fourth-order valence-electron chi connectivity index (χ4n) is 2.37. The summed E-state index contributed by atoms with van der Waals surface area (Å²) in [7, 11) is 0.